The fraction of sp³-hybridized carbons (Fsp3) is 0.450. The molecule has 1 amide bonds. The molecule has 3 aromatic rings. The van der Waals surface area contributed by atoms with E-state index in [1.165, 1.54) is 0 Å². The van der Waals surface area contributed by atoms with Crippen LogP contribution in [0.25, 0.3) is 16.9 Å². The van der Waals surface area contributed by atoms with Gasteiger partial charge in [0.05, 0.1) is 43.4 Å². The summed E-state index contributed by atoms with van der Waals surface area (Å²) in [5, 5.41) is 0. The van der Waals surface area contributed by atoms with Crippen molar-refractivity contribution in [2.45, 2.75) is 19.9 Å². The molecule has 1 fully saturated rings. The molecule has 5 heterocycles. The average Bonchev–Trinajstić information content (AvgIpc) is 3.17. The van der Waals surface area contributed by atoms with Gasteiger partial charge >= 0.3 is 6.09 Å². The van der Waals surface area contributed by atoms with Gasteiger partial charge in [0.1, 0.15) is 0 Å². The van der Waals surface area contributed by atoms with E-state index in [4.69, 9.17) is 25.2 Å². The SMILES string of the molecule is CCOC(=O)N1CCc2nc3c(N4CCOCC4)nc(-c4cnc(N)nc4)cn3c2C1. The molecule has 0 saturated carbocycles. The van der Waals surface area contributed by atoms with Gasteiger partial charge in [-0.25, -0.2) is 24.7 Å². The highest BCUT2D eigenvalue weighted by molar-refractivity contribution is 5.72. The highest BCUT2D eigenvalue weighted by Crippen LogP contribution is 2.29. The highest BCUT2D eigenvalue weighted by atomic mass is 16.6. The number of nitrogens with two attached hydrogens (primary N) is 1. The van der Waals surface area contributed by atoms with Crippen molar-refractivity contribution >= 4 is 23.5 Å². The first-order valence-electron chi connectivity index (χ1n) is 10.4. The molecule has 1 saturated heterocycles. The summed E-state index contributed by atoms with van der Waals surface area (Å²) in [6.45, 7) is 5.91. The Bertz CT molecular complexity index is 1110. The summed E-state index contributed by atoms with van der Waals surface area (Å²) in [5.74, 6) is 0.998. The van der Waals surface area contributed by atoms with E-state index in [1.54, 1.807) is 17.3 Å². The van der Waals surface area contributed by atoms with Gasteiger partial charge in [0.25, 0.3) is 0 Å². The molecule has 2 aliphatic rings. The fourth-order valence-electron chi connectivity index (χ4n) is 3.96. The van der Waals surface area contributed by atoms with Crippen LogP contribution in [0.3, 0.4) is 0 Å². The summed E-state index contributed by atoms with van der Waals surface area (Å²) in [5.41, 5.74) is 9.83. The zero-order chi connectivity index (χ0) is 21.4. The molecule has 2 N–H and O–H groups in total. The second-order valence-electron chi connectivity index (χ2n) is 7.45. The van der Waals surface area contributed by atoms with Crippen LogP contribution in [-0.2, 0) is 22.4 Å². The number of hydrogen-bond acceptors (Lipinski definition) is 9. The van der Waals surface area contributed by atoms with Crippen molar-refractivity contribution < 1.29 is 14.3 Å². The van der Waals surface area contributed by atoms with Crippen molar-refractivity contribution in [3.63, 3.8) is 0 Å². The largest absolute Gasteiger partial charge is 0.450 e. The number of ether oxygens (including phenoxy) is 2. The van der Waals surface area contributed by atoms with Crippen LogP contribution in [0, 0.1) is 0 Å². The molecule has 0 radical (unpaired) electrons. The average molecular weight is 424 g/mol. The number of amides is 1. The third kappa shape index (κ3) is 3.61. The Morgan fingerprint density at radius 3 is 2.71 bits per heavy atom. The van der Waals surface area contributed by atoms with Crippen LogP contribution in [0.4, 0.5) is 16.6 Å². The van der Waals surface area contributed by atoms with Crippen LogP contribution in [0.5, 0.6) is 0 Å². The van der Waals surface area contributed by atoms with Gasteiger partial charge < -0.3 is 25.0 Å². The molecule has 3 aromatic heterocycles. The van der Waals surface area contributed by atoms with E-state index >= 15 is 0 Å². The normalized spacial score (nSPS) is 16.4. The summed E-state index contributed by atoms with van der Waals surface area (Å²) < 4.78 is 12.8. The molecule has 11 nitrogen and oxygen atoms in total. The molecular weight excluding hydrogens is 400 g/mol. The minimum absolute atomic E-state index is 0.211. The van der Waals surface area contributed by atoms with Crippen molar-refractivity contribution in [1.29, 1.82) is 0 Å². The Kier molecular flexibility index (Phi) is 5.02. The molecule has 2 aliphatic heterocycles. The third-order valence-corrected chi connectivity index (χ3v) is 5.53. The molecule has 0 aromatic carbocycles. The van der Waals surface area contributed by atoms with E-state index in [9.17, 15) is 4.79 Å². The lowest BCUT2D eigenvalue weighted by Crippen LogP contribution is -2.37. The Balaban J connectivity index is 1.63. The molecular formula is C20H24N8O3. The van der Waals surface area contributed by atoms with Gasteiger partial charge in [0.15, 0.2) is 11.5 Å². The second-order valence-corrected chi connectivity index (χ2v) is 7.45. The first-order chi connectivity index (χ1) is 15.1. The van der Waals surface area contributed by atoms with E-state index in [1.807, 2.05) is 17.5 Å². The van der Waals surface area contributed by atoms with E-state index in [2.05, 4.69) is 14.9 Å². The van der Waals surface area contributed by atoms with Crippen LogP contribution >= 0.6 is 0 Å². The van der Waals surface area contributed by atoms with Crippen LogP contribution in [-0.4, -0.2) is 74.8 Å². The van der Waals surface area contributed by atoms with Crippen molar-refractivity contribution in [2.75, 3.05) is 50.1 Å². The van der Waals surface area contributed by atoms with Gasteiger partial charge in [-0.15, -0.1) is 0 Å². The van der Waals surface area contributed by atoms with Crippen molar-refractivity contribution in [3.05, 3.63) is 30.0 Å². The smallest absolute Gasteiger partial charge is 0.410 e. The number of rotatable bonds is 3. The fourth-order valence-corrected chi connectivity index (χ4v) is 3.96. The highest BCUT2D eigenvalue weighted by Gasteiger charge is 2.28. The van der Waals surface area contributed by atoms with E-state index in [0.29, 0.717) is 45.0 Å². The maximum atomic E-state index is 12.3. The number of hydrogen-bond donors (Lipinski definition) is 1. The van der Waals surface area contributed by atoms with Gasteiger partial charge in [0.2, 0.25) is 5.95 Å². The van der Waals surface area contributed by atoms with Crippen molar-refractivity contribution in [1.82, 2.24) is 29.2 Å². The Labute approximate surface area is 178 Å². The topological polar surface area (TPSA) is 124 Å². The minimum atomic E-state index is -0.308. The maximum Gasteiger partial charge on any atom is 0.410 e. The Hall–Kier alpha value is -3.47. The quantitative estimate of drug-likeness (QED) is 0.658. The van der Waals surface area contributed by atoms with Crippen LogP contribution in [0.15, 0.2) is 18.6 Å². The number of morpholine rings is 1. The lowest BCUT2D eigenvalue weighted by molar-refractivity contribution is 0.102. The Morgan fingerprint density at radius 1 is 1.19 bits per heavy atom. The van der Waals surface area contributed by atoms with Gasteiger partial charge in [-0.3, -0.25) is 4.40 Å². The predicted octanol–water partition coefficient (Wildman–Crippen LogP) is 1.12. The summed E-state index contributed by atoms with van der Waals surface area (Å²) in [7, 11) is 0. The van der Waals surface area contributed by atoms with Gasteiger partial charge in [0, 0.05) is 50.2 Å². The number of aromatic nitrogens is 5. The van der Waals surface area contributed by atoms with E-state index in [-0.39, 0.29) is 12.0 Å². The predicted molar refractivity (Wildman–Crippen MR) is 113 cm³/mol. The maximum absolute atomic E-state index is 12.3. The lowest BCUT2D eigenvalue weighted by atomic mass is 10.1. The summed E-state index contributed by atoms with van der Waals surface area (Å²) >= 11 is 0. The minimum Gasteiger partial charge on any atom is -0.450 e. The number of nitrogens with zero attached hydrogens (tertiary/aromatic N) is 7. The monoisotopic (exact) mass is 424 g/mol. The molecule has 0 atom stereocenters. The standard InChI is InChI=1S/C20H24N8O3/c1-2-31-20(29)27-4-3-14-16(12-27)28-11-15(13-9-22-19(21)23-10-13)25-17(18(28)24-14)26-5-7-30-8-6-26/h9-11H,2-8,12H2,1H3,(H2,21,22,23). The zero-order valence-electron chi connectivity index (χ0n) is 17.3. The summed E-state index contributed by atoms with van der Waals surface area (Å²) in [4.78, 5) is 34.2. The number of carbonyl (C=O) groups is 1. The number of imidazole rings is 1. The molecule has 5 rings (SSSR count). The lowest BCUT2D eigenvalue weighted by Gasteiger charge is -2.28. The first-order valence-corrected chi connectivity index (χ1v) is 10.4. The van der Waals surface area contributed by atoms with Gasteiger partial charge in [-0.05, 0) is 6.92 Å². The zero-order valence-corrected chi connectivity index (χ0v) is 17.3. The molecule has 0 bridgehead atoms. The molecule has 0 spiro atoms. The molecule has 31 heavy (non-hydrogen) atoms. The number of nitrogen functional groups attached to an aromatic ring is 1. The third-order valence-electron chi connectivity index (χ3n) is 5.53. The van der Waals surface area contributed by atoms with E-state index < -0.39 is 0 Å². The van der Waals surface area contributed by atoms with Gasteiger partial charge in [-0.2, -0.15) is 0 Å². The van der Waals surface area contributed by atoms with E-state index in [0.717, 1.165) is 41.5 Å². The second kappa shape index (κ2) is 7.99. The summed E-state index contributed by atoms with van der Waals surface area (Å²) in [6, 6.07) is 0. The van der Waals surface area contributed by atoms with Crippen molar-refractivity contribution in [3.8, 4) is 11.3 Å². The van der Waals surface area contributed by atoms with Crippen LogP contribution < -0.4 is 10.6 Å². The molecule has 11 heteroatoms. The number of anilines is 2. The summed E-state index contributed by atoms with van der Waals surface area (Å²) in [6.07, 6.45) is 5.60. The molecule has 0 aliphatic carbocycles. The molecule has 0 unspecified atom stereocenters. The van der Waals surface area contributed by atoms with Crippen LogP contribution in [0.1, 0.15) is 18.3 Å². The number of carbonyl (C=O) groups excluding carboxylic acids is 1. The van der Waals surface area contributed by atoms with Crippen LogP contribution in [0.2, 0.25) is 0 Å². The first kappa shape index (κ1) is 19.5. The Morgan fingerprint density at radius 2 is 1.97 bits per heavy atom. The van der Waals surface area contributed by atoms with Gasteiger partial charge in [-0.1, -0.05) is 0 Å². The molecule has 162 valence electrons. The van der Waals surface area contributed by atoms with Crippen molar-refractivity contribution in [2.24, 2.45) is 0 Å². The number of fused-ring (bicyclic) bond motifs is 3.